The Balaban J connectivity index is 2.03. The highest BCUT2D eigenvalue weighted by molar-refractivity contribution is 5.74. The van der Waals surface area contributed by atoms with Crippen LogP contribution in [0.25, 0.3) is 11.1 Å². The van der Waals surface area contributed by atoms with Gasteiger partial charge in [-0.3, -0.25) is 0 Å². The monoisotopic (exact) mass is 313 g/mol. The van der Waals surface area contributed by atoms with Crippen LogP contribution in [0.2, 0.25) is 0 Å². The van der Waals surface area contributed by atoms with Crippen LogP contribution in [0.1, 0.15) is 11.5 Å². The lowest BCUT2D eigenvalue weighted by Gasteiger charge is -2.12. The van der Waals surface area contributed by atoms with Gasteiger partial charge in [0, 0.05) is 23.0 Å². The number of hydrogen-bond donors (Lipinski definition) is 1. The highest BCUT2D eigenvalue weighted by Gasteiger charge is 2.15. The SMILES string of the molecule is COc1ncc(-c2c(C)noc2C)cc1Nc1cccc(F)c1. The maximum absolute atomic E-state index is 13.4. The number of halogens is 1. The van der Waals surface area contributed by atoms with E-state index in [4.69, 9.17) is 9.26 Å². The van der Waals surface area contributed by atoms with Crippen molar-refractivity contribution in [1.29, 1.82) is 0 Å². The third-order valence-electron chi connectivity index (χ3n) is 3.47. The zero-order valence-corrected chi connectivity index (χ0v) is 13.1. The Labute approximate surface area is 133 Å². The molecule has 2 heterocycles. The fourth-order valence-electron chi connectivity index (χ4n) is 2.46. The van der Waals surface area contributed by atoms with Crippen LogP contribution >= 0.6 is 0 Å². The minimum absolute atomic E-state index is 0.316. The summed E-state index contributed by atoms with van der Waals surface area (Å²) in [5.74, 6) is 0.819. The highest BCUT2D eigenvalue weighted by atomic mass is 19.1. The van der Waals surface area contributed by atoms with Crippen molar-refractivity contribution in [3.05, 3.63) is 53.8 Å². The fourth-order valence-corrected chi connectivity index (χ4v) is 2.46. The first-order valence-corrected chi connectivity index (χ1v) is 7.08. The molecule has 0 unspecified atom stereocenters. The Morgan fingerprint density at radius 3 is 2.70 bits per heavy atom. The van der Waals surface area contributed by atoms with Crippen LogP contribution in [0.4, 0.5) is 15.8 Å². The van der Waals surface area contributed by atoms with Gasteiger partial charge in [-0.1, -0.05) is 11.2 Å². The summed E-state index contributed by atoms with van der Waals surface area (Å²) in [5.41, 5.74) is 3.77. The number of nitrogens with zero attached hydrogens (tertiary/aromatic N) is 2. The predicted octanol–water partition coefficient (Wildman–Crippen LogP) is 4.24. The summed E-state index contributed by atoms with van der Waals surface area (Å²) in [6.45, 7) is 3.72. The summed E-state index contributed by atoms with van der Waals surface area (Å²) in [6.07, 6.45) is 1.70. The van der Waals surface area contributed by atoms with Crippen LogP contribution in [0, 0.1) is 19.7 Å². The lowest BCUT2D eigenvalue weighted by Crippen LogP contribution is -1.98. The number of pyridine rings is 1. The maximum Gasteiger partial charge on any atom is 0.237 e. The number of nitrogens with one attached hydrogen (secondary N) is 1. The van der Waals surface area contributed by atoms with Crippen LogP contribution in [0.3, 0.4) is 0 Å². The normalized spacial score (nSPS) is 10.6. The Hall–Kier alpha value is -2.89. The molecule has 1 N–H and O–H groups in total. The van der Waals surface area contributed by atoms with Crippen molar-refractivity contribution in [3.63, 3.8) is 0 Å². The second-order valence-electron chi connectivity index (χ2n) is 5.12. The second kappa shape index (κ2) is 6.08. The van der Waals surface area contributed by atoms with E-state index in [0.717, 1.165) is 16.8 Å². The van der Waals surface area contributed by atoms with E-state index in [-0.39, 0.29) is 5.82 Å². The van der Waals surface area contributed by atoms with Crippen molar-refractivity contribution in [1.82, 2.24) is 10.1 Å². The van der Waals surface area contributed by atoms with Crippen LogP contribution in [-0.4, -0.2) is 17.3 Å². The van der Waals surface area contributed by atoms with Gasteiger partial charge in [0.2, 0.25) is 5.88 Å². The zero-order valence-electron chi connectivity index (χ0n) is 13.1. The molecule has 0 radical (unpaired) electrons. The van der Waals surface area contributed by atoms with Crippen molar-refractivity contribution in [2.24, 2.45) is 0 Å². The fraction of sp³-hybridized carbons (Fsp3) is 0.176. The van der Waals surface area contributed by atoms with E-state index in [2.05, 4.69) is 15.5 Å². The molecule has 3 rings (SSSR count). The third kappa shape index (κ3) is 3.01. The maximum atomic E-state index is 13.4. The molecule has 2 aromatic heterocycles. The first kappa shape index (κ1) is 15.0. The van der Waals surface area contributed by atoms with Crippen molar-refractivity contribution >= 4 is 11.4 Å². The van der Waals surface area contributed by atoms with Crippen LogP contribution < -0.4 is 10.1 Å². The van der Waals surface area contributed by atoms with Gasteiger partial charge in [-0.25, -0.2) is 9.37 Å². The van der Waals surface area contributed by atoms with E-state index in [1.807, 2.05) is 19.9 Å². The molecule has 1 aromatic carbocycles. The molecule has 23 heavy (non-hydrogen) atoms. The molecule has 0 fully saturated rings. The minimum Gasteiger partial charge on any atom is -0.480 e. The van der Waals surface area contributed by atoms with E-state index in [1.165, 1.54) is 19.2 Å². The standard InChI is InChI=1S/C17H16FN3O2/c1-10-16(11(2)23-21-10)12-7-15(17(22-3)19-9-12)20-14-6-4-5-13(18)8-14/h4-9,20H,1-3H3. The average Bonchev–Trinajstić information content (AvgIpc) is 2.86. The first-order valence-electron chi connectivity index (χ1n) is 7.08. The largest absolute Gasteiger partial charge is 0.480 e. The number of anilines is 2. The summed E-state index contributed by atoms with van der Waals surface area (Å²) in [6, 6.07) is 8.08. The van der Waals surface area contributed by atoms with Crippen LogP contribution in [0.5, 0.6) is 5.88 Å². The smallest absolute Gasteiger partial charge is 0.237 e. The lowest BCUT2D eigenvalue weighted by atomic mass is 10.1. The number of aryl methyl sites for hydroxylation is 2. The van der Waals surface area contributed by atoms with E-state index in [9.17, 15) is 4.39 Å². The summed E-state index contributed by atoms with van der Waals surface area (Å²) in [5, 5.41) is 7.08. The molecule has 0 saturated heterocycles. The molecule has 0 aliphatic carbocycles. The second-order valence-corrected chi connectivity index (χ2v) is 5.12. The number of aromatic nitrogens is 2. The van der Waals surface area contributed by atoms with Crippen molar-refractivity contribution in [2.45, 2.75) is 13.8 Å². The lowest BCUT2D eigenvalue weighted by molar-refractivity contribution is 0.393. The Kier molecular flexibility index (Phi) is 3.97. The molecule has 0 atom stereocenters. The van der Waals surface area contributed by atoms with E-state index in [1.54, 1.807) is 18.3 Å². The summed E-state index contributed by atoms with van der Waals surface area (Å²) in [7, 11) is 1.54. The van der Waals surface area contributed by atoms with Gasteiger partial charge in [-0.15, -0.1) is 0 Å². The molecule has 3 aromatic rings. The van der Waals surface area contributed by atoms with Gasteiger partial charge in [0.05, 0.1) is 12.8 Å². The number of hydrogen-bond acceptors (Lipinski definition) is 5. The third-order valence-corrected chi connectivity index (χ3v) is 3.47. The van der Waals surface area contributed by atoms with Gasteiger partial charge in [0.15, 0.2) is 0 Å². The molecule has 6 heteroatoms. The Morgan fingerprint density at radius 1 is 1.22 bits per heavy atom. The van der Waals surface area contributed by atoms with Gasteiger partial charge in [0.25, 0.3) is 0 Å². The van der Waals surface area contributed by atoms with E-state index < -0.39 is 0 Å². The molecule has 0 spiro atoms. The van der Waals surface area contributed by atoms with Crippen LogP contribution in [-0.2, 0) is 0 Å². The number of ether oxygens (including phenoxy) is 1. The molecular weight excluding hydrogens is 297 g/mol. The minimum atomic E-state index is -0.316. The molecular formula is C17H16FN3O2. The summed E-state index contributed by atoms with van der Waals surface area (Å²) in [4.78, 5) is 4.31. The quantitative estimate of drug-likeness (QED) is 0.780. The van der Waals surface area contributed by atoms with Gasteiger partial charge in [0.1, 0.15) is 17.3 Å². The number of benzene rings is 1. The highest BCUT2D eigenvalue weighted by Crippen LogP contribution is 2.33. The van der Waals surface area contributed by atoms with E-state index in [0.29, 0.717) is 23.0 Å². The topological polar surface area (TPSA) is 60.2 Å². The molecule has 118 valence electrons. The van der Waals surface area contributed by atoms with Gasteiger partial charge >= 0.3 is 0 Å². The van der Waals surface area contributed by atoms with Crippen molar-refractivity contribution in [3.8, 4) is 17.0 Å². The average molecular weight is 313 g/mol. The molecule has 5 nitrogen and oxygen atoms in total. The first-order chi connectivity index (χ1) is 11.1. The molecule has 0 aliphatic rings. The summed E-state index contributed by atoms with van der Waals surface area (Å²) >= 11 is 0. The molecule has 0 saturated carbocycles. The van der Waals surface area contributed by atoms with Crippen molar-refractivity contribution in [2.75, 3.05) is 12.4 Å². The van der Waals surface area contributed by atoms with Gasteiger partial charge < -0.3 is 14.6 Å². The van der Waals surface area contributed by atoms with Crippen LogP contribution in [0.15, 0.2) is 41.1 Å². The number of methoxy groups -OCH3 is 1. The van der Waals surface area contributed by atoms with Gasteiger partial charge in [-0.2, -0.15) is 0 Å². The molecule has 0 bridgehead atoms. The number of rotatable bonds is 4. The molecule has 0 aliphatic heterocycles. The zero-order chi connectivity index (χ0) is 16.4. The molecule has 0 amide bonds. The van der Waals surface area contributed by atoms with Gasteiger partial charge in [-0.05, 0) is 38.1 Å². The van der Waals surface area contributed by atoms with E-state index >= 15 is 0 Å². The summed E-state index contributed by atoms with van der Waals surface area (Å²) < 4.78 is 23.8. The van der Waals surface area contributed by atoms with Crippen molar-refractivity contribution < 1.29 is 13.7 Å². The Bertz CT molecular complexity index is 826. The Morgan fingerprint density at radius 2 is 2.04 bits per heavy atom. The predicted molar refractivity (Wildman–Crippen MR) is 85.4 cm³/mol.